The van der Waals surface area contributed by atoms with E-state index in [1.54, 1.807) is 0 Å². The van der Waals surface area contributed by atoms with Crippen LogP contribution in [-0.4, -0.2) is 33.6 Å². The number of aliphatic hydroxyl groups is 2. The monoisotopic (exact) mass is 581 g/mol. The van der Waals surface area contributed by atoms with Gasteiger partial charge in [0.2, 0.25) is 0 Å². The van der Waals surface area contributed by atoms with Gasteiger partial charge >= 0.3 is 0 Å². The highest BCUT2D eigenvalue weighted by Gasteiger charge is 2.71. The van der Waals surface area contributed by atoms with Gasteiger partial charge in [0.15, 0.2) is 0 Å². The minimum Gasteiger partial charge on any atom is -0.393 e. The molecule has 3 rings (SSSR count). The minimum absolute atomic E-state index is 0.0861. The SMILES string of the molecule is [CH2-][C@@]1(C)C[C@H](O)C[C@@]2(C)O[C@]21/C=C/C(C)=C/C=C/C(C)=C/C=C/C=C(C)/C=C/C=C(\C)C#CC1=C(C)C[C@@H](O)CC1(C)C. The summed E-state index contributed by atoms with van der Waals surface area (Å²) in [6.07, 6.45) is 27.1. The Morgan fingerprint density at radius 1 is 0.791 bits per heavy atom. The lowest BCUT2D eigenvalue weighted by atomic mass is 9.63. The molecule has 3 heteroatoms. The average molecular weight is 582 g/mol. The molecule has 0 unspecified atom stereocenters. The van der Waals surface area contributed by atoms with Crippen LogP contribution in [0.1, 0.15) is 88.0 Å². The van der Waals surface area contributed by atoms with E-state index >= 15 is 0 Å². The van der Waals surface area contributed by atoms with Crippen LogP contribution in [0.15, 0.2) is 106 Å². The van der Waals surface area contributed by atoms with E-state index in [1.165, 1.54) is 5.57 Å². The zero-order chi connectivity index (χ0) is 32.1. The second-order valence-corrected chi connectivity index (χ2v) is 14.1. The van der Waals surface area contributed by atoms with E-state index in [9.17, 15) is 10.2 Å². The van der Waals surface area contributed by atoms with E-state index in [0.29, 0.717) is 19.3 Å². The molecule has 1 saturated carbocycles. The first-order valence-corrected chi connectivity index (χ1v) is 15.6. The highest BCUT2D eigenvalue weighted by atomic mass is 16.6. The Bertz CT molecular complexity index is 1390. The standard InChI is InChI=1S/C40H53O3/c1-29(17-13-19-31(3)21-22-36-33(5)25-34(41)26-37(36,6)7)15-11-12-16-30(2)18-14-20-32(4)23-24-40-38(8,9)27-35(42)28-39(40,10)43-40/h11-20,23-24,34-35,41-42H,8,25-28H2,1-7,9-10H3/q-1/b12-11+,17-13+,18-14+,24-23+,29-15+,30-16+,31-19+,32-20+/t34-,35+,38-,39-,40+/m1/s1. The maximum atomic E-state index is 10.2. The molecule has 2 aliphatic carbocycles. The Hall–Kier alpha value is -2.90. The van der Waals surface area contributed by atoms with E-state index in [2.05, 4.69) is 135 Å². The fraction of sp³-hybridized carbons (Fsp3) is 0.475. The second kappa shape index (κ2) is 13.8. The zero-order valence-electron chi connectivity index (χ0n) is 27.9. The summed E-state index contributed by atoms with van der Waals surface area (Å²) >= 11 is 0. The van der Waals surface area contributed by atoms with E-state index < -0.39 is 5.60 Å². The van der Waals surface area contributed by atoms with Gasteiger partial charge in [0.05, 0.1) is 23.4 Å². The van der Waals surface area contributed by atoms with Gasteiger partial charge in [-0.1, -0.05) is 128 Å². The van der Waals surface area contributed by atoms with Crippen LogP contribution in [0.2, 0.25) is 0 Å². The Morgan fingerprint density at radius 3 is 1.93 bits per heavy atom. The number of fused-ring (bicyclic) bond motifs is 1. The highest BCUT2D eigenvalue weighted by Crippen LogP contribution is 2.65. The van der Waals surface area contributed by atoms with Crippen LogP contribution in [0.3, 0.4) is 0 Å². The van der Waals surface area contributed by atoms with Gasteiger partial charge < -0.3 is 21.9 Å². The van der Waals surface area contributed by atoms with Crippen molar-refractivity contribution in [3.8, 4) is 11.8 Å². The van der Waals surface area contributed by atoms with Gasteiger partial charge in [-0.05, 0) is 66.4 Å². The number of rotatable bonds is 8. The van der Waals surface area contributed by atoms with Crippen LogP contribution >= 0.6 is 0 Å². The van der Waals surface area contributed by atoms with Gasteiger partial charge in [0.25, 0.3) is 0 Å². The van der Waals surface area contributed by atoms with Crippen LogP contribution in [0.4, 0.5) is 0 Å². The van der Waals surface area contributed by atoms with Gasteiger partial charge in [0, 0.05) is 17.4 Å². The molecule has 1 aliphatic heterocycles. The third-order valence-electron chi connectivity index (χ3n) is 8.95. The van der Waals surface area contributed by atoms with Crippen molar-refractivity contribution in [1.82, 2.24) is 0 Å². The quantitative estimate of drug-likeness (QED) is 0.130. The molecular formula is C40H53O3-. The summed E-state index contributed by atoms with van der Waals surface area (Å²) in [6.45, 7) is 23.2. The number of hydrogen-bond donors (Lipinski definition) is 2. The summed E-state index contributed by atoms with van der Waals surface area (Å²) in [5.74, 6) is 6.67. The first-order valence-electron chi connectivity index (χ1n) is 15.6. The Balaban J connectivity index is 1.51. The van der Waals surface area contributed by atoms with Crippen LogP contribution in [0, 0.1) is 29.6 Å². The van der Waals surface area contributed by atoms with E-state index in [1.807, 2.05) is 19.1 Å². The van der Waals surface area contributed by atoms with Gasteiger partial charge in [-0.3, -0.25) is 0 Å². The normalized spacial score (nSPS) is 34.0. The Kier molecular flexibility index (Phi) is 11.1. The smallest absolute Gasteiger partial charge is 0.0995 e. The molecule has 2 N–H and O–H groups in total. The molecule has 1 saturated heterocycles. The van der Waals surface area contributed by atoms with Gasteiger partial charge in [-0.15, -0.1) is 5.41 Å². The molecule has 1 heterocycles. The summed E-state index contributed by atoms with van der Waals surface area (Å²) in [6, 6.07) is 0. The molecule has 0 amide bonds. The first-order chi connectivity index (χ1) is 20.0. The number of hydrogen-bond acceptors (Lipinski definition) is 3. The van der Waals surface area contributed by atoms with Crippen molar-refractivity contribution in [3.05, 3.63) is 113 Å². The second-order valence-electron chi connectivity index (χ2n) is 14.1. The fourth-order valence-corrected chi connectivity index (χ4v) is 6.69. The van der Waals surface area contributed by atoms with Gasteiger partial charge in [0.1, 0.15) is 0 Å². The average Bonchev–Trinajstić information content (AvgIpc) is 3.49. The third-order valence-corrected chi connectivity index (χ3v) is 8.95. The van der Waals surface area contributed by atoms with Gasteiger partial charge in [-0.2, -0.15) is 0 Å². The summed E-state index contributed by atoms with van der Waals surface area (Å²) in [7, 11) is 0. The zero-order valence-corrected chi connectivity index (χ0v) is 27.9. The summed E-state index contributed by atoms with van der Waals surface area (Å²) in [4.78, 5) is 0. The minimum atomic E-state index is -0.405. The molecule has 3 nitrogen and oxygen atoms in total. The number of aliphatic hydroxyl groups excluding tert-OH is 2. The largest absolute Gasteiger partial charge is 0.393 e. The number of ether oxygens (including phenoxy) is 1. The summed E-state index contributed by atoms with van der Waals surface area (Å²) in [5, 5.41) is 20.3. The highest BCUT2D eigenvalue weighted by molar-refractivity contribution is 5.45. The van der Waals surface area contributed by atoms with Crippen molar-refractivity contribution in [2.24, 2.45) is 10.8 Å². The van der Waals surface area contributed by atoms with Crippen molar-refractivity contribution in [2.45, 2.75) is 111 Å². The lowest BCUT2D eigenvalue weighted by Gasteiger charge is -2.45. The number of epoxide rings is 1. The molecule has 2 fully saturated rings. The van der Waals surface area contributed by atoms with Crippen LogP contribution < -0.4 is 0 Å². The Labute approximate surface area is 261 Å². The summed E-state index contributed by atoms with van der Waals surface area (Å²) in [5.41, 5.74) is 5.66. The van der Waals surface area contributed by atoms with Crippen molar-refractivity contribution < 1.29 is 14.9 Å². The maximum absolute atomic E-state index is 10.2. The number of allylic oxidation sites excluding steroid dienone is 16. The lowest BCUT2D eigenvalue weighted by Crippen LogP contribution is -2.46. The van der Waals surface area contributed by atoms with E-state index in [4.69, 9.17) is 4.74 Å². The maximum Gasteiger partial charge on any atom is 0.0995 e. The van der Waals surface area contributed by atoms with Crippen LogP contribution in [0.25, 0.3) is 0 Å². The van der Waals surface area contributed by atoms with Crippen molar-refractivity contribution in [1.29, 1.82) is 0 Å². The molecule has 0 bridgehead atoms. The van der Waals surface area contributed by atoms with E-state index in [0.717, 1.165) is 34.3 Å². The molecular weight excluding hydrogens is 528 g/mol. The fourth-order valence-electron chi connectivity index (χ4n) is 6.69. The van der Waals surface area contributed by atoms with Crippen LogP contribution in [0.5, 0.6) is 0 Å². The predicted molar refractivity (Wildman–Crippen MR) is 182 cm³/mol. The third kappa shape index (κ3) is 8.82. The molecule has 0 aromatic heterocycles. The first kappa shape index (κ1) is 34.6. The lowest BCUT2D eigenvalue weighted by molar-refractivity contribution is 0.0648. The van der Waals surface area contributed by atoms with Crippen LogP contribution in [-0.2, 0) is 4.74 Å². The van der Waals surface area contributed by atoms with Crippen molar-refractivity contribution >= 4 is 0 Å². The molecule has 232 valence electrons. The molecule has 43 heavy (non-hydrogen) atoms. The molecule has 0 radical (unpaired) electrons. The molecule has 0 aromatic rings. The topological polar surface area (TPSA) is 53.0 Å². The molecule has 0 spiro atoms. The van der Waals surface area contributed by atoms with Crippen molar-refractivity contribution in [2.75, 3.05) is 0 Å². The summed E-state index contributed by atoms with van der Waals surface area (Å²) < 4.78 is 6.18. The predicted octanol–water partition coefficient (Wildman–Crippen LogP) is 9.02. The van der Waals surface area contributed by atoms with E-state index in [-0.39, 0.29) is 28.6 Å². The van der Waals surface area contributed by atoms with Crippen molar-refractivity contribution in [3.63, 3.8) is 0 Å². The molecule has 0 aromatic carbocycles. The molecule has 5 atom stereocenters. The van der Waals surface area contributed by atoms with Gasteiger partial charge in [-0.25, -0.2) is 0 Å². The molecule has 3 aliphatic rings. The Morgan fingerprint density at radius 2 is 1.35 bits per heavy atom.